The predicted octanol–water partition coefficient (Wildman–Crippen LogP) is 26.5. The quantitative estimate of drug-likeness (QED) is 0.0371. The molecule has 7 nitrogen and oxygen atoms in total. The van der Waals surface area contributed by atoms with E-state index in [-0.39, 0.29) is 13.6 Å². The minimum Gasteiger partial charge on any atom is -0.494 e. The molecule has 0 amide bonds. The van der Waals surface area contributed by atoms with Crippen LogP contribution in [0, 0.1) is 0 Å². The van der Waals surface area contributed by atoms with Gasteiger partial charge >= 0.3 is 0 Å². The van der Waals surface area contributed by atoms with Gasteiger partial charge in [0.1, 0.15) is 23.7 Å². The monoisotopic (exact) mass is 1220 g/mol. The zero-order chi connectivity index (χ0) is 62.2. The molecule has 0 spiro atoms. The van der Waals surface area contributed by atoms with Gasteiger partial charge in [0.2, 0.25) is 0 Å². The first-order chi connectivity index (χ1) is 43.1. The number of ether oxygens (including phenoxy) is 7. The lowest BCUT2D eigenvalue weighted by molar-refractivity contribution is -0.168. The van der Waals surface area contributed by atoms with Crippen molar-refractivity contribution >= 4 is 0 Å². The number of allylic oxidation sites excluding steroid dienone is 2. The second-order valence-corrected chi connectivity index (χ2v) is 25.7. The molecule has 0 N–H and O–H groups in total. The van der Waals surface area contributed by atoms with Gasteiger partial charge in [-0.25, -0.2) is 0 Å². The minimum atomic E-state index is -0.499. The Morgan fingerprint density at radius 3 is 0.724 bits per heavy atom. The summed E-state index contributed by atoms with van der Waals surface area (Å²) in [5.74, 6) is 3.55. The molecule has 0 heterocycles. The Bertz CT molecular complexity index is 1630. The summed E-state index contributed by atoms with van der Waals surface area (Å²) in [6.07, 6.45) is 61.1. The topological polar surface area (TPSA) is 64.6 Å². The fraction of sp³-hybridized carbons (Fsp3) is 0.800. The van der Waals surface area contributed by atoms with Gasteiger partial charge in [-0.1, -0.05) is 372 Å². The smallest absolute Gasteiger partial charge is 0.167 e. The minimum absolute atomic E-state index is 0.0208. The molecule has 0 fully saturated rings. The Morgan fingerprint density at radius 1 is 0.253 bits per heavy atom. The van der Waals surface area contributed by atoms with E-state index in [0.717, 1.165) is 98.4 Å². The highest BCUT2D eigenvalue weighted by atomic mass is 16.7. The van der Waals surface area contributed by atoms with Crippen molar-refractivity contribution < 1.29 is 33.2 Å². The lowest BCUT2D eigenvalue weighted by Gasteiger charge is -2.27. The molecule has 0 aliphatic rings. The molecule has 2 rings (SSSR count). The molecular formula is C80H142O7. The Balaban J connectivity index is 2.53. The Hall–Kier alpha value is -3.00. The molecule has 2 aromatic rings. The van der Waals surface area contributed by atoms with E-state index < -0.39 is 12.2 Å². The summed E-state index contributed by atoms with van der Waals surface area (Å²) in [4.78, 5) is 0. The summed E-state index contributed by atoms with van der Waals surface area (Å²) >= 11 is 0. The van der Waals surface area contributed by atoms with Crippen molar-refractivity contribution in [2.24, 2.45) is 0 Å². The molecule has 0 bridgehead atoms. The second kappa shape index (κ2) is 63.2. The number of unbranched alkanes of at least 4 members (excludes halogenated alkanes) is 42. The Morgan fingerprint density at radius 2 is 0.471 bits per heavy atom. The molecule has 0 aromatic heterocycles. The third kappa shape index (κ3) is 45.8. The molecule has 0 aliphatic carbocycles. The Labute approximate surface area is 540 Å². The zero-order valence-electron chi connectivity index (χ0n) is 58.4. The molecule has 7 heteroatoms. The lowest BCUT2D eigenvalue weighted by Crippen LogP contribution is -2.19. The number of benzene rings is 2. The maximum absolute atomic E-state index is 7.07. The van der Waals surface area contributed by atoms with Gasteiger partial charge in [0.15, 0.2) is 25.1 Å². The largest absolute Gasteiger partial charge is 0.494 e. The van der Waals surface area contributed by atoms with Crippen molar-refractivity contribution in [1.29, 1.82) is 0 Å². The molecular weight excluding hydrogens is 1070 g/mol. The second-order valence-electron chi connectivity index (χ2n) is 25.7. The molecule has 2 aromatic carbocycles. The van der Waals surface area contributed by atoms with Gasteiger partial charge in [-0.2, -0.15) is 0 Å². The van der Waals surface area contributed by atoms with Crippen LogP contribution in [0.25, 0.3) is 0 Å². The highest BCUT2D eigenvalue weighted by molar-refractivity contribution is 5.27. The summed E-state index contributed by atoms with van der Waals surface area (Å²) in [5.41, 5.74) is 2.08. The fourth-order valence-corrected chi connectivity index (χ4v) is 11.8. The number of hydrogen-bond acceptors (Lipinski definition) is 7. The number of rotatable bonds is 68. The van der Waals surface area contributed by atoms with Gasteiger partial charge in [0.25, 0.3) is 0 Å². The standard InChI is InChI=1S/C80H142O7/c1-7-13-19-25-31-37-43-55-65-75(82-67-57-45-39-33-27-21-15-9-3)79(84-69-59-47-41-35-29-23-17-11-5)77(73-61-51-49-52-62-73)86-71-81-72-87-78(74-63-53-50-54-64-74)80(85-70-60-48-42-36-30-24-18-12-6)76(66-56-44-38-32-26-20-14-8-2)83-68-58-46-40-34-28-22-16-10-4/h49-54,61-64,77-78H,7-48,55-60,65-72H2,1-6H3. The molecule has 87 heavy (non-hydrogen) atoms. The third-order valence-electron chi connectivity index (χ3n) is 17.4. The molecule has 0 saturated heterocycles. The third-order valence-corrected chi connectivity index (χ3v) is 17.4. The van der Waals surface area contributed by atoms with Crippen molar-refractivity contribution in [3.8, 4) is 0 Å². The van der Waals surface area contributed by atoms with Crippen LogP contribution in [-0.2, 0) is 33.2 Å². The fourth-order valence-electron chi connectivity index (χ4n) is 11.8. The first-order valence-corrected chi connectivity index (χ1v) is 38.0. The summed E-state index contributed by atoms with van der Waals surface area (Å²) in [6.45, 7) is 16.5. The molecule has 0 aliphatic heterocycles. The van der Waals surface area contributed by atoms with E-state index in [1.165, 1.54) is 257 Å². The maximum atomic E-state index is 7.07. The van der Waals surface area contributed by atoms with E-state index in [0.29, 0.717) is 26.4 Å². The lowest BCUT2D eigenvalue weighted by atomic mass is 10.0. The molecule has 2 atom stereocenters. The molecule has 0 saturated carbocycles. The van der Waals surface area contributed by atoms with E-state index in [9.17, 15) is 0 Å². The molecule has 504 valence electrons. The van der Waals surface area contributed by atoms with Crippen molar-refractivity contribution in [2.45, 2.75) is 375 Å². The summed E-state index contributed by atoms with van der Waals surface area (Å²) in [5, 5.41) is 0. The van der Waals surface area contributed by atoms with Crippen LogP contribution in [0.1, 0.15) is 386 Å². The van der Waals surface area contributed by atoms with Crippen LogP contribution >= 0.6 is 0 Å². The summed E-state index contributed by atoms with van der Waals surface area (Å²) in [6, 6.07) is 21.3. The van der Waals surface area contributed by atoms with Crippen molar-refractivity contribution in [1.82, 2.24) is 0 Å². The first kappa shape index (κ1) is 80.1. The van der Waals surface area contributed by atoms with Crippen molar-refractivity contribution in [3.63, 3.8) is 0 Å². The van der Waals surface area contributed by atoms with Crippen LogP contribution in [0.2, 0.25) is 0 Å². The SMILES string of the molecule is CCCCCCCCCCOC(CCCCCCCCCC)=C(OCCCCCCCCCC)C(OCOCOC(C(OCCCCCCCCCC)=C(CCCCCCCCCC)OCCCCCCCCCC)c1ccccc1)c1ccccc1. The summed E-state index contributed by atoms with van der Waals surface area (Å²) < 4.78 is 48.6. The maximum Gasteiger partial charge on any atom is 0.167 e. The average molecular weight is 1220 g/mol. The van der Waals surface area contributed by atoms with Crippen molar-refractivity contribution in [2.75, 3.05) is 40.0 Å². The normalized spacial score (nSPS) is 12.9. The van der Waals surface area contributed by atoms with Crippen LogP contribution in [0.15, 0.2) is 83.7 Å². The van der Waals surface area contributed by atoms with Gasteiger partial charge in [-0.05, 0) is 49.7 Å². The van der Waals surface area contributed by atoms with Crippen LogP contribution in [-0.4, -0.2) is 40.0 Å². The van der Waals surface area contributed by atoms with Crippen molar-refractivity contribution in [3.05, 3.63) is 94.8 Å². The average Bonchev–Trinajstić information content (AvgIpc) is 3.73. The molecule has 2 unspecified atom stereocenters. The van der Waals surface area contributed by atoms with Crippen LogP contribution in [0.4, 0.5) is 0 Å². The van der Waals surface area contributed by atoms with Crippen LogP contribution < -0.4 is 0 Å². The van der Waals surface area contributed by atoms with Gasteiger partial charge in [-0.3, -0.25) is 0 Å². The van der Waals surface area contributed by atoms with E-state index in [2.05, 4.69) is 102 Å². The van der Waals surface area contributed by atoms with Gasteiger partial charge in [0.05, 0.1) is 26.4 Å². The van der Waals surface area contributed by atoms with E-state index in [1.807, 2.05) is 0 Å². The van der Waals surface area contributed by atoms with E-state index in [4.69, 9.17) is 33.2 Å². The predicted molar refractivity (Wildman–Crippen MR) is 374 cm³/mol. The highest BCUT2D eigenvalue weighted by Gasteiger charge is 2.27. The van der Waals surface area contributed by atoms with Crippen LogP contribution in [0.5, 0.6) is 0 Å². The van der Waals surface area contributed by atoms with Crippen LogP contribution in [0.3, 0.4) is 0 Å². The van der Waals surface area contributed by atoms with Gasteiger partial charge in [0, 0.05) is 12.8 Å². The zero-order valence-corrected chi connectivity index (χ0v) is 58.4. The van der Waals surface area contributed by atoms with E-state index in [1.54, 1.807) is 0 Å². The van der Waals surface area contributed by atoms with Gasteiger partial charge < -0.3 is 33.2 Å². The molecule has 0 radical (unpaired) electrons. The van der Waals surface area contributed by atoms with E-state index >= 15 is 0 Å². The first-order valence-electron chi connectivity index (χ1n) is 38.0. The summed E-state index contributed by atoms with van der Waals surface area (Å²) in [7, 11) is 0. The number of hydrogen-bond donors (Lipinski definition) is 0. The highest BCUT2D eigenvalue weighted by Crippen LogP contribution is 2.35. The Kier molecular flexibility index (Phi) is 58.1. The van der Waals surface area contributed by atoms with Gasteiger partial charge in [-0.15, -0.1) is 0 Å².